The predicted octanol–water partition coefficient (Wildman–Crippen LogP) is 2.79. The van der Waals surface area contributed by atoms with Crippen molar-refractivity contribution in [2.75, 3.05) is 6.54 Å². The van der Waals surface area contributed by atoms with Gasteiger partial charge >= 0.3 is 0 Å². The number of nitro groups is 1. The molecule has 1 fully saturated rings. The lowest BCUT2D eigenvalue weighted by Gasteiger charge is -2.36. The highest BCUT2D eigenvalue weighted by Gasteiger charge is 2.29. The van der Waals surface area contributed by atoms with Crippen LogP contribution >= 0.6 is 24.0 Å². The van der Waals surface area contributed by atoms with Gasteiger partial charge in [0.15, 0.2) is 0 Å². The van der Waals surface area contributed by atoms with Crippen LogP contribution in [-0.2, 0) is 0 Å². The molecule has 1 saturated heterocycles. The first-order valence-corrected chi connectivity index (χ1v) is 7.25. The summed E-state index contributed by atoms with van der Waals surface area (Å²) in [5.74, 6) is 0.00682. The Morgan fingerprint density at radius 2 is 2.09 bits per heavy atom. The van der Waals surface area contributed by atoms with Gasteiger partial charge in [0.2, 0.25) is 0 Å². The number of carbonyl (C=O) groups excluding carboxylic acids is 1. The van der Waals surface area contributed by atoms with Crippen molar-refractivity contribution in [2.45, 2.75) is 32.4 Å². The molecular weight excluding hydrogens is 329 g/mol. The number of piperidine rings is 1. The highest BCUT2D eigenvalue weighted by Crippen LogP contribution is 2.22. The van der Waals surface area contributed by atoms with Gasteiger partial charge in [-0.25, -0.2) is 0 Å². The predicted molar refractivity (Wildman–Crippen MR) is 87.9 cm³/mol. The van der Waals surface area contributed by atoms with Crippen LogP contribution in [0.15, 0.2) is 18.2 Å². The van der Waals surface area contributed by atoms with E-state index in [9.17, 15) is 14.9 Å². The monoisotopic (exact) mass is 347 g/mol. The largest absolute Gasteiger partial charge is 0.347 e. The van der Waals surface area contributed by atoms with E-state index in [0.717, 1.165) is 13.0 Å². The van der Waals surface area contributed by atoms with Gasteiger partial charge in [-0.15, -0.1) is 12.4 Å². The molecule has 1 aromatic carbocycles. The summed E-state index contributed by atoms with van der Waals surface area (Å²) in [6.07, 6.45) is 0.977. The zero-order chi connectivity index (χ0) is 15.6. The van der Waals surface area contributed by atoms with Crippen LogP contribution in [0.3, 0.4) is 0 Å². The van der Waals surface area contributed by atoms with E-state index in [1.54, 1.807) is 0 Å². The summed E-state index contributed by atoms with van der Waals surface area (Å²) in [6.45, 7) is 5.03. The van der Waals surface area contributed by atoms with Gasteiger partial charge in [-0.05, 0) is 31.9 Å². The molecule has 1 aliphatic heterocycles. The minimum absolute atomic E-state index is 0. The summed E-state index contributed by atoms with van der Waals surface area (Å²) in [4.78, 5) is 22.6. The third-order valence-electron chi connectivity index (χ3n) is 3.87. The van der Waals surface area contributed by atoms with Crippen molar-refractivity contribution in [3.63, 3.8) is 0 Å². The third-order valence-corrected chi connectivity index (χ3v) is 4.09. The van der Waals surface area contributed by atoms with Crippen molar-refractivity contribution < 1.29 is 9.72 Å². The van der Waals surface area contributed by atoms with E-state index in [4.69, 9.17) is 11.6 Å². The molecule has 2 N–H and O–H groups in total. The molecule has 0 saturated carbocycles. The maximum absolute atomic E-state index is 12.3. The molecule has 0 aromatic heterocycles. The smallest absolute Gasteiger partial charge is 0.271 e. The Morgan fingerprint density at radius 3 is 2.68 bits per heavy atom. The maximum Gasteiger partial charge on any atom is 0.271 e. The Morgan fingerprint density at radius 1 is 1.41 bits per heavy atom. The molecule has 1 aliphatic rings. The first-order chi connectivity index (χ1) is 9.88. The first-order valence-electron chi connectivity index (χ1n) is 6.87. The van der Waals surface area contributed by atoms with Gasteiger partial charge in [0.25, 0.3) is 11.6 Å². The number of nitrogens with one attached hydrogen (secondary N) is 2. The van der Waals surface area contributed by atoms with Crippen LogP contribution in [0.4, 0.5) is 5.69 Å². The summed E-state index contributed by atoms with van der Waals surface area (Å²) in [6, 6.07) is 4.06. The van der Waals surface area contributed by atoms with Crippen LogP contribution in [0.1, 0.15) is 30.6 Å². The Bertz CT molecular complexity index is 558. The summed E-state index contributed by atoms with van der Waals surface area (Å²) >= 11 is 5.84. The molecule has 22 heavy (non-hydrogen) atoms. The number of amides is 1. The van der Waals surface area contributed by atoms with Crippen LogP contribution < -0.4 is 10.6 Å². The number of halogens is 2. The van der Waals surface area contributed by atoms with Crippen LogP contribution in [0.2, 0.25) is 5.02 Å². The Labute approximate surface area is 140 Å². The topological polar surface area (TPSA) is 84.3 Å². The van der Waals surface area contributed by atoms with E-state index < -0.39 is 4.92 Å². The second-order valence-corrected chi connectivity index (χ2v) is 5.90. The zero-order valence-electron chi connectivity index (χ0n) is 12.3. The van der Waals surface area contributed by atoms with Crippen molar-refractivity contribution in [2.24, 2.45) is 5.92 Å². The number of nitro benzene ring substituents is 1. The van der Waals surface area contributed by atoms with Gasteiger partial charge in [0.1, 0.15) is 0 Å². The number of carbonyl (C=O) groups is 1. The number of hydrogen-bond acceptors (Lipinski definition) is 4. The molecule has 8 heteroatoms. The summed E-state index contributed by atoms with van der Waals surface area (Å²) in [7, 11) is 0. The van der Waals surface area contributed by atoms with Gasteiger partial charge in [0, 0.05) is 34.8 Å². The van der Waals surface area contributed by atoms with Gasteiger partial charge in [-0.1, -0.05) is 18.5 Å². The van der Waals surface area contributed by atoms with Gasteiger partial charge < -0.3 is 10.6 Å². The Kier molecular flexibility index (Phi) is 6.59. The molecule has 0 bridgehead atoms. The van der Waals surface area contributed by atoms with Crippen molar-refractivity contribution in [1.29, 1.82) is 0 Å². The Hall–Kier alpha value is -1.37. The first kappa shape index (κ1) is 18.7. The number of rotatable bonds is 3. The molecule has 2 rings (SSSR count). The van der Waals surface area contributed by atoms with E-state index in [1.165, 1.54) is 18.2 Å². The lowest BCUT2D eigenvalue weighted by atomic mass is 9.89. The van der Waals surface area contributed by atoms with Crippen molar-refractivity contribution in [3.05, 3.63) is 38.9 Å². The number of hydrogen-bond donors (Lipinski definition) is 2. The second kappa shape index (κ2) is 7.76. The lowest BCUT2D eigenvalue weighted by molar-refractivity contribution is -0.384. The summed E-state index contributed by atoms with van der Waals surface area (Å²) < 4.78 is 0. The van der Waals surface area contributed by atoms with Crippen LogP contribution in [0.25, 0.3) is 0 Å². The number of nitrogens with zero attached hydrogens (tertiary/aromatic N) is 1. The normalized spacial score (nSPS) is 24.2. The molecule has 1 aromatic rings. The molecule has 3 unspecified atom stereocenters. The molecule has 0 radical (unpaired) electrons. The minimum Gasteiger partial charge on any atom is -0.347 e. The van der Waals surface area contributed by atoms with Crippen molar-refractivity contribution >= 4 is 35.6 Å². The number of non-ortho nitro benzene ring substituents is 1. The molecule has 3 atom stereocenters. The summed E-state index contributed by atoms with van der Waals surface area (Å²) in [5.41, 5.74) is 0.0229. The van der Waals surface area contributed by atoms with E-state index in [-0.39, 0.29) is 46.7 Å². The molecule has 1 heterocycles. The van der Waals surface area contributed by atoms with Gasteiger partial charge in [-0.2, -0.15) is 0 Å². The molecule has 0 spiro atoms. The fourth-order valence-electron chi connectivity index (χ4n) is 2.65. The van der Waals surface area contributed by atoms with Gasteiger partial charge in [0.05, 0.1) is 4.92 Å². The third kappa shape index (κ3) is 4.32. The highest BCUT2D eigenvalue weighted by molar-refractivity contribution is 6.31. The highest BCUT2D eigenvalue weighted by atomic mass is 35.5. The maximum atomic E-state index is 12.3. The fourth-order valence-corrected chi connectivity index (χ4v) is 2.88. The van der Waals surface area contributed by atoms with E-state index in [2.05, 4.69) is 17.6 Å². The average Bonchev–Trinajstić information content (AvgIpc) is 2.42. The van der Waals surface area contributed by atoms with Gasteiger partial charge in [-0.3, -0.25) is 14.9 Å². The Balaban J connectivity index is 0.00000242. The van der Waals surface area contributed by atoms with E-state index >= 15 is 0 Å². The second-order valence-electron chi connectivity index (χ2n) is 5.46. The summed E-state index contributed by atoms with van der Waals surface area (Å²) in [5, 5.41) is 17.3. The molecular formula is C14H19Cl2N3O3. The number of benzene rings is 1. The minimum atomic E-state index is -0.559. The standard InChI is InChI=1S/C14H18ClN3O3.ClH/c1-8-3-4-16-9(2)13(8)17-14(19)10-5-11(15)7-12(6-10)18(20)21;/h5-9,13,16H,3-4H2,1-2H3,(H,17,19);1H. The van der Waals surface area contributed by atoms with E-state index in [1.807, 2.05) is 6.92 Å². The van der Waals surface area contributed by atoms with Crippen molar-refractivity contribution in [1.82, 2.24) is 10.6 Å². The van der Waals surface area contributed by atoms with Crippen LogP contribution in [-0.4, -0.2) is 29.5 Å². The average molecular weight is 348 g/mol. The molecule has 1 amide bonds. The molecule has 6 nitrogen and oxygen atoms in total. The fraction of sp³-hybridized carbons (Fsp3) is 0.500. The van der Waals surface area contributed by atoms with Crippen LogP contribution in [0.5, 0.6) is 0 Å². The zero-order valence-corrected chi connectivity index (χ0v) is 13.9. The van der Waals surface area contributed by atoms with Crippen molar-refractivity contribution in [3.8, 4) is 0 Å². The van der Waals surface area contributed by atoms with E-state index in [0.29, 0.717) is 5.92 Å². The molecule has 0 aliphatic carbocycles. The van der Waals surface area contributed by atoms with Crippen LogP contribution in [0, 0.1) is 16.0 Å². The SMILES string of the molecule is CC1CCNC(C)C1NC(=O)c1cc(Cl)cc([N+](=O)[O-])c1.Cl. The molecule has 122 valence electrons. The quantitative estimate of drug-likeness (QED) is 0.650. The lowest BCUT2D eigenvalue weighted by Crippen LogP contribution is -2.55.